The van der Waals surface area contributed by atoms with E-state index >= 15 is 0 Å². The summed E-state index contributed by atoms with van der Waals surface area (Å²) >= 11 is 0. The number of nitrogens with zero attached hydrogens (tertiary/aromatic N) is 3. The Balaban J connectivity index is 1.27. The number of benzene rings is 6. The van der Waals surface area contributed by atoms with Crippen LogP contribution in [0.2, 0.25) is 0 Å². The van der Waals surface area contributed by atoms with Crippen molar-refractivity contribution in [3.05, 3.63) is 226 Å². The van der Waals surface area contributed by atoms with Crippen LogP contribution in [0.4, 0.5) is 0 Å². The molecule has 2 aliphatic heterocycles. The first-order valence-electron chi connectivity index (χ1n) is 28.1. The molecule has 10 atom stereocenters. The maximum Gasteiger partial charge on any atom is 0.338 e. The van der Waals surface area contributed by atoms with Crippen LogP contribution in [-0.2, 0) is 86.3 Å². The van der Waals surface area contributed by atoms with Crippen LogP contribution in [0.5, 0.6) is 0 Å². The Labute approximate surface area is 492 Å². The van der Waals surface area contributed by atoms with Gasteiger partial charge in [-0.25, -0.2) is 19.2 Å². The molecule has 0 radical (unpaired) electrons. The predicted molar refractivity (Wildman–Crippen MR) is 305 cm³/mol. The molecule has 20 nitrogen and oxygen atoms in total. The largest absolute Gasteiger partial charge is 0.459 e. The smallest absolute Gasteiger partial charge is 0.338 e. The Bertz CT molecular complexity index is 3100. The van der Waals surface area contributed by atoms with E-state index in [-0.39, 0.29) is 61.7 Å². The zero-order valence-corrected chi connectivity index (χ0v) is 46.9. The van der Waals surface area contributed by atoms with E-state index in [4.69, 9.17) is 57.6 Å². The number of azide groups is 1. The number of hydrogen-bond acceptors (Lipinski definition) is 18. The van der Waals surface area contributed by atoms with Crippen LogP contribution >= 0.6 is 0 Å². The van der Waals surface area contributed by atoms with Gasteiger partial charge < -0.3 is 56.9 Å². The maximum absolute atomic E-state index is 14.9. The lowest BCUT2D eigenvalue weighted by molar-refractivity contribution is -0.362. The number of esters is 5. The second kappa shape index (κ2) is 33.0. The molecule has 0 amide bonds. The third kappa shape index (κ3) is 19.0. The van der Waals surface area contributed by atoms with Gasteiger partial charge in [-0.05, 0) is 78.4 Å². The Morgan fingerprint density at radius 2 is 0.953 bits per heavy atom. The van der Waals surface area contributed by atoms with Crippen molar-refractivity contribution in [3.63, 3.8) is 0 Å². The lowest BCUT2D eigenvalue weighted by Crippen LogP contribution is -2.67. The van der Waals surface area contributed by atoms with Crippen molar-refractivity contribution < 1.29 is 80.9 Å². The second-order valence-electron chi connectivity index (χ2n) is 20.0. The summed E-state index contributed by atoms with van der Waals surface area (Å²) in [7, 11) is 0. The van der Waals surface area contributed by atoms with Crippen molar-refractivity contribution in [2.45, 2.75) is 127 Å². The summed E-state index contributed by atoms with van der Waals surface area (Å²) in [4.78, 5) is 86.9. The van der Waals surface area contributed by atoms with Crippen LogP contribution in [0.1, 0.15) is 93.2 Å². The van der Waals surface area contributed by atoms with Gasteiger partial charge in [0.1, 0.15) is 43.4 Å². The van der Waals surface area contributed by atoms with Crippen molar-refractivity contribution >= 4 is 35.6 Å². The molecule has 85 heavy (non-hydrogen) atoms. The first kappa shape index (κ1) is 62.5. The zero-order chi connectivity index (χ0) is 59.6. The Morgan fingerprint density at radius 1 is 0.471 bits per heavy atom. The molecule has 444 valence electrons. The molecule has 2 aliphatic rings. The molecule has 20 heteroatoms. The normalized spacial score (nSPS) is 21.7. The average Bonchev–Trinajstić information content (AvgIpc) is 2.51. The van der Waals surface area contributed by atoms with E-state index in [1.165, 1.54) is 19.1 Å². The molecule has 0 aliphatic carbocycles. The summed E-state index contributed by atoms with van der Waals surface area (Å²) in [6.45, 7) is 0.465. The van der Waals surface area contributed by atoms with E-state index in [1.54, 1.807) is 152 Å². The van der Waals surface area contributed by atoms with Crippen LogP contribution in [0.3, 0.4) is 0 Å². The van der Waals surface area contributed by atoms with Gasteiger partial charge >= 0.3 is 29.8 Å². The van der Waals surface area contributed by atoms with Crippen LogP contribution in [0.25, 0.3) is 10.4 Å². The molecular weight excluding hydrogens is 1090 g/mol. The topological polar surface area (TPSA) is 253 Å². The number of Topliss-reactive ketones (excluding diaryl/α,β-unsaturated/α-hetero) is 1. The molecule has 0 spiro atoms. The molecule has 0 unspecified atom stereocenters. The monoisotopic (exact) mass is 1160 g/mol. The summed E-state index contributed by atoms with van der Waals surface area (Å²) < 4.78 is 71.7. The highest BCUT2D eigenvalue weighted by atomic mass is 16.8. The molecule has 0 bridgehead atoms. The van der Waals surface area contributed by atoms with Crippen molar-refractivity contribution in [1.29, 1.82) is 0 Å². The van der Waals surface area contributed by atoms with E-state index < -0.39 is 97.9 Å². The summed E-state index contributed by atoms with van der Waals surface area (Å²) in [6.07, 6.45) is -14.6. The van der Waals surface area contributed by atoms with Gasteiger partial charge in [0.25, 0.3) is 0 Å². The van der Waals surface area contributed by atoms with Crippen LogP contribution in [0, 0.1) is 0 Å². The molecule has 6 aromatic carbocycles. The fourth-order valence-corrected chi connectivity index (χ4v) is 9.39. The molecule has 2 fully saturated rings. The summed E-state index contributed by atoms with van der Waals surface area (Å²) in [5.41, 5.74) is 11.2. The fourth-order valence-electron chi connectivity index (χ4n) is 9.39. The number of hydrogen-bond donors (Lipinski definition) is 0. The Hall–Kier alpha value is -8.59. The van der Waals surface area contributed by atoms with Crippen molar-refractivity contribution in [1.82, 2.24) is 0 Å². The van der Waals surface area contributed by atoms with E-state index in [0.717, 1.165) is 0 Å². The average molecular weight is 1160 g/mol. The lowest BCUT2D eigenvalue weighted by Gasteiger charge is -2.49. The van der Waals surface area contributed by atoms with Crippen LogP contribution in [0.15, 0.2) is 187 Å². The minimum absolute atomic E-state index is 0.00219. The standard InChI is InChI=1S/C65H67N3O17/c1-44(69)36-37-52(70)81-53-51(43-79-60(71)48-30-16-7-17-31-48)80-65(58(82-61(72)49-32-18-8-19-33-49)54(53)76-40-45-24-10-4-11-25-45)84-56-55(77-41-46-26-12-5-13-27-46)57(63(74)78-42-47-28-14-6-15-29-47)85-64(75-39-23-3-2-22-38-67-68-66)59(56)83-62(73)50-34-20-9-21-35-50/h4-21,24-35,51,53-59,64-65H,2-3,22-23,36-43H2,1H3/t51-,53-,54+,55+,56+,57+,58-,59-,64-,65+/m1/s1. The second-order valence-corrected chi connectivity index (χ2v) is 20.0. The van der Waals surface area contributed by atoms with Crippen molar-refractivity contribution in [2.75, 3.05) is 19.8 Å². The van der Waals surface area contributed by atoms with Gasteiger partial charge in [0.2, 0.25) is 0 Å². The number of carbonyl (C=O) groups excluding carboxylic acids is 6. The summed E-state index contributed by atoms with van der Waals surface area (Å²) in [5.74, 6) is -4.60. The van der Waals surface area contributed by atoms with Gasteiger partial charge in [-0.2, -0.15) is 0 Å². The van der Waals surface area contributed by atoms with Gasteiger partial charge in [0, 0.05) is 24.5 Å². The van der Waals surface area contributed by atoms with Gasteiger partial charge in [-0.15, -0.1) is 0 Å². The molecule has 2 saturated heterocycles. The highest BCUT2D eigenvalue weighted by Crippen LogP contribution is 2.37. The molecule has 0 aromatic heterocycles. The maximum atomic E-state index is 14.9. The van der Waals surface area contributed by atoms with Gasteiger partial charge in [-0.1, -0.05) is 164 Å². The van der Waals surface area contributed by atoms with Gasteiger partial charge in [0.15, 0.2) is 37.0 Å². The van der Waals surface area contributed by atoms with E-state index in [2.05, 4.69) is 10.0 Å². The zero-order valence-electron chi connectivity index (χ0n) is 46.9. The Kier molecular flexibility index (Phi) is 24.3. The van der Waals surface area contributed by atoms with Crippen LogP contribution < -0.4 is 0 Å². The van der Waals surface area contributed by atoms with E-state index in [0.29, 0.717) is 48.9 Å². The number of carbonyl (C=O) groups is 6. The molecule has 6 aromatic rings. The molecular formula is C65H67N3O17. The minimum atomic E-state index is -1.87. The molecule has 8 rings (SSSR count). The fraction of sp³-hybridized carbons (Fsp3) is 0.354. The number of unbranched alkanes of at least 4 members (excludes halogenated alkanes) is 3. The molecule has 0 N–H and O–H groups in total. The first-order chi connectivity index (χ1) is 41.5. The van der Waals surface area contributed by atoms with Gasteiger partial charge in [-0.3, -0.25) is 4.79 Å². The van der Waals surface area contributed by atoms with Gasteiger partial charge in [0.05, 0.1) is 36.3 Å². The highest BCUT2D eigenvalue weighted by Gasteiger charge is 2.58. The highest BCUT2D eigenvalue weighted by molar-refractivity contribution is 5.90. The summed E-state index contributed by atoms with van der Waals surface area (Å²) in [6, 6.07) is 51.1. The SMILES string of the molecule is CC(=O)CCC(=O)O[C@H]1[C@H](OCc2ccccc2)[C@@H](OC(=O)c2ccccc2)[C@H](O[C@@H]2[C@@H](OC(=O)c3ccccc3)[C@H](OCCCCCCN=[N+]=[N-])O[C@H](C(=O)OCc3ccccc3)[C@H]2OCc2ccccc2)O[C@@H]1COC(=O)c1ccccc1. The third-order valence-corrected chi connectivity index (χ3v) is 13.7. The third-order valence-electron chi connectivity index (χ3n) is 13.7. The molecule has 0 saturated carbocycles. The summed E-state index contributed by atoms with van der Waals surface area (Å²) in [5, 5.41) is 3.62. The number of ether oxygens (including phenoxy) is 11. The molecule has 2 heterocycles. The van der Waals surface area contributed by atoms with E-state index in [9.17, 15) is 28.8 Å². The van der Waals surface area contributed by atoms with Crippen LogP contribution in [-0.4, -0.2) is 117 Å². The minimum Gasteiger partial charge on any atom is -0.459 e. The van der Waals surface area contributed by atoms with E-state index in [1.807, 2.05) is 18.2 Å². The number of ketones is 1. The number of rotatable bonds is 30. The van der Waals surface area contributed by atoms with Crippen molar-refractivity contribution in [3.8, 4) is 0 Å². The first-order valence-corrected chi connectivity index (χ1v) is 28.1. The lowest BCUT2D eigenvalue weighted by atomic mass is 9.95. The quantitative estimate of drug-likeness (QED) is 0.0101. The van der Waals surface area contributed by atoms with Crippen molar-refractivity contribution in [2.24, 2.45) is 5.11 Å². The Morgan fingerprint density at radius 3 is 1.48 bits per heavy atom. The predicted octanol–water partition coefficient (Wildman–Crippen LogP) is 10.2.